The topological polar surface area (TPSA) is 28.2 Å². The molecular weight excluding hydrogens is 266 g/mol. The Kier molecular flexibility index (Phi) is 5.58. The van der Waals surface area contributed by atoms with Gasteiger partial charge in [-0.15, -0.1) is 11.3 Å². The molecule has 0 bridgehead atoms. The lowest BCUT2D eigenvalue weighted by molar-refractivity contribution is 0.165. The summed E-state index contributed by atoms with van der Waals surface area (Å²) in [6, 6.07) is 1.01. The van der Waals surface area contributed by atoms with Crippen LogP contribution in [-0.2, 0) is 0 Å². The smallest absolute Gasteiger partial charge is 0.0900 e. The van der Waals surface area contributed by atoms with Crippen molar-refractivity contribution < 1.29 is 0 Å². The highest BCUT2D eigenvalue weighted by molar-refractivity contribution is 7.11. The van der Waals surface area contributed by atoms with Crippen molar-refractivity contribution in [3.05, 3.63) is 15.6 Å². The lowest BCUT2D eigenvalue weighted by Gasteiger charge is -2.35. The molecule has 1 aliphatic heterocycles. The minimum atomic E-state index is 0.417. The Balaban J connectivity index is 1.88. The number of nitrogens with one attached hydrogen (secondary N) is 1. The number of rotatable bonds is 5. The van der Waals surface area contributed by atoms with Crippen molar-refractivity contribution in [1.82, 2.24) is 15.2 Å². The van der Waals surface area contributed by atoms with E-state index < -0.39 is 0 Å². The van der Waals surface area contributed by atoms with Crippen molar-refractivity contribution >= 4 is 11.3 Å². The third kappa shape index (κ3) is 3.80. The summed E-state index contributed by atoms with van der Waals surface area (Å²) >= 11 is 1.83. The predicted octanol–water partition coefficient (Wildman–Crippen LogP) is 3.53. The average Bonchev–Trinajstić information content (AvgIpc) is 2.78. The second kappa shape index (κ2) is 7.01. The summed E-state index contributed by atoms with van der Waals surface area (Å²) in [4.78, 5) is 8.51. The van der Waals surface area contributed by atoms with Crippen LogP contribution in [0.1, 0.15) is 55.2 Å². The molecule has 1 saturated heterocycles. The van der Waals surface area contributed by atoms with Gasteiger partial charge in [-0.3, -0.25) is 0 Å². The molecule has 0 amide bonds. The van der Waals surface area contributed by atoms with Crippen molar-refractivity contribution in [3.63, 3.8) is 0 Å². The molecule has 2 heterocycles. The highest BCUT2D eigenvalue weighted by Gasteiger charge is 2.25. The highest BCUT2D eigenvalue weighted by atomic mass is 32.1. The highest BCUT2D eigenvalue weighted by Crippen LogP contribution is 2.27. The van der Waals surface area contributed by atoms with E-state index in [1.54, 1.807) is 0 Å². The molecule has 0 saturated carbocycles. The summed E-state index contributed by atoms with van der Waals surface area (Å²) in [5, 5.41) is 4.98. The summed E-state index contributed by atoms with van der Waals surface area (Å²) in [5.41, 5.74) is 1.19. The van der Waals surface area contributed by atoms with Crippen LogP contribution >= 0.6 is 11.3 Å². The van der Waals surface area contributed by atoms with E-state index in [-0.39, 0.29) is 0 Å². The van der Waals surface area contributed by atoms with Crippen molar-refractivity contribution in [2.75, 3.05) is 19.6 Å². The van der Waals surface area contributed by atoms with Crippen LogP contribution in [0.25, 0.3) is 0 Å². The van der Waals surface area contributed by atoms with Crippen LogP contribution in [0.4, 0.5) is 0 Å². The Labute approximate surface area is 127 Å². The number of piperidine rings is 1. The first-order valence-corrected chi connectivity index (χ1v) is 8.75. The summed E-state index contributed by atoms with van der Waals surface area (Å²) in [7, 11) is 0. The molecule has 1 aromatic rings. The zero-order valence-electron chi connectivity index (χ0n) is 13.6. The SMILES string of the molecule is CCN1CCC(C(C)NC(C)c2sc(C)nc2C)CC1. The van der Waals surface area contributed by atoms with E-state index in [1.807, 2.05) is 11.3 Å². The van der Waals surface area contributed by atoms with E-state index in [9.17, 15) is 0 Å². The van der Waals surface area contributed by atoms with E-state index in [2.05, 4.69) is 49.8 Å². The lowest BCUT2D eigenvalue weighted by atomic mass is 9.90. The quantitative estimate of drug-likeness (QED) is 0.900. The van der Waals surface area contributed by atoms with Gasteiger partial charge in [0.1, 0.15) is 0 Å². The van der Waals surface area contributed by atoms with Gasteiger partial charge in [-0.05, 0) is 66.1 Å². The van der Waals surface area contributed by atoms with Gasteiger partial charge < -0.3 is 10.2 Å². The molecule has 0 radical (unpaired) electrons. The van der Waals surface area contributed by atoms with Gasteiger partial charge in [0.15, 0.2) is 0 Å². The van der Waals surface area contributed by atoms with Gasteiger partial charge in [0.2, 0.25) is 0 Å². The number of aromatic nitrogens is 1. The van der Waals surface area contributed by atoms with Crippen LogP contribution in [0.15, 0.2) is 0 Å². The van der Waals surface area contributed by atoms with Crippen LogP contribution in [0.2, 0.25) is 0 Å². The Hall–Kier alpha value is -0.450. The molecule has 4 heteroatoms. The minimum Gasteiger partial charge on any atom is -0.307 e. The largest absolute Gasteiger partial charge is 0.307 e. The van der Waals surface area contributed by atoms with Crippen LogP contribution in [-0.4, -0.2) is 35.6 Å². The van der Waals surface area contributed by atoms with Gasteiger partial charge in [0.25, 0.3) is 0 Å². The lowest BCUT2D eigenvalue weighted by Crippen LogP contribution is -2.42. The number of hydrogen-bond donors (Lipinski definition) is 1. The molecule has 2 rings (SSSR count). The molecule has 1 aliphatic rings. The second-order valence-electron chi connectivity index (χ2n) is 6.13. The second-order valence-corrected chi connectivity index (χ2v) is 7.37. The molecule has 1 fully saturated rings. The van der Waals surface area contributed by atoms with E-state index in [1.165, 1.54) is 48.1 Å². The minimum absolute atomic E-state index is 0.417. The van der Waals surface area contributed by atoms with E-state index in [0.717, 1.165) is 5.92 Å². The van der Waals surface area contributed by atoms with Crippen LogP contribution in [0, 0.1) is 19.8 Å². The van der Waals surface area contributed by atoms with Crippen molar-refractivity contribution in [3.8, 4) is 0 Å². The zero-order chi connectivity index (χ0) is 14.7. The fourth-order valence-corrected chi connectivity index (χ4v) is 4.26. The van der Waals surface area contributed by atoms with Gasteiger partial charge in [-0.2, -0.15) is 0 Å². The van der Waals surface area contributed by atoms with Crippen LogP contribution < -0.4 is 5.32 Å². The molecule has 0 aliphatic carbocycles. The molecule has 20 heavy (non-hydrogen) atoms. The first-order valence-electron chi connectivity index (χ1n) is 7.93. The number of aryl methyl sites for hydroxylation is 2. The number of thiazole rings is 1. The molecule has 1 aromatic heterocycles. The van der Waals surface area contributed by atoms with Gasteiger partial charge in [-0.25, -0.2) is 4.98 Å². The standard InChI is InChI=1S/C16H29N3S/c1-6-19-9-7-15(8-10-19)11(2)17-12(3)16-13(4)18-14(5)20-16/h11-12,15,17H,6-10H2,1-5H3. The number of nitrogens with zero attached hydrogens (tertiary/aromatic N) is 2. The van der Waals surface area contributed by atoms with Crippen LogP contribution in [0.3, 0.4) is 0 Å². The molecule has 0 spiro atoms. The van der Waals surface area contributed by atoms with Crippen LogP contribution in [0.5, 0.6) is 0 Å². The molecule has 3 nitrogen and oxygen atoms in total. The van der Waals surface area contributed by atoms with Crippen molar-refractivity contribution in [1.29, 1.82) is 0 Å². The fraction of sp³-hybridized carbons (Fsp3) is 0.812. The first kappa shape index (κ1) is 15.9. The summed E-state index contributed by atoms with van der Waals surface area (Å²) in [5.74, 6) is 0.814. The molecule has 1 N–H and O–H groups in total. The molecule has 2 unspecified atom stereocenters. The zero-order valence-corrected chi connectivity index (χ0v) is 14.4. The van der Waals surface area contributed by atoms with E-state index in [4.69, 9.17) is 0 Å². The summed E-state index contributed by atoms with van der Waals surface area (Å²) in [6.45, 7) is 14.8. The maximum absolute atomic E-state index is 4.54. The predicted molar refractivity (Wildman–Crippen MR) is 87.4 cm³/mol. The van der Waals surface area contributed by atoms with E-state index >= 15 is 0 Å². The maximum atomic E-state index is 4.54. The molecule has 114 valence electrons. The van der Waals surface area contributed by atoms with Gasteiger partial charge in [-0.1, -0.05) is 6.92 Å². The number of likely N-dealkylation sites (tertiary alicyclic amines) is 1. The normalized spacial score (nSPS) is 21.1. The third-order valence-corrected chi connectivity index (χ3v) is 5.89. The van der Waals surface area contributed by atoms with Crippen molar-refractivity contribution in [2.24, 2.45) is 5.92 Å². The summed E-state index contributed by atoms with van der Waals surface area (Å²) in [6.07, 6.45) is 2.66. The Morgan fingerprint density at radius 3 is 2.45 bits per heavy atom. The Morgan fingerprint density at radius 2 is 1.95 bits per heavy atom. The summed E-state index contributed by atoms with van der Waals surface area (Å²) < 4.78 is 0. The molecular formula is C16H29N3S. The molecule has 0 aromatic carbocycles. The molecule has 2 atom stereocenters. The van der Waals surface area contributed by atoms with Gasteiger partial charge in [0.05, 0.1) is 10.7 Å². The third-order valence-electron chi connectivity index (χ3n) is 4.63. The van der Waals surface area contributed by atoms with Crippen molar-refractivity contribution in [2.45, 2.75) is 59.5 Å². The van der Waals surface area contributed by atoms with Gasteiger partial charge in [0, 0.05) is 17.0 Å². The Morgan fingerprint density at radius 1 is 1.30 bits per heavy atom. The average molecular weight is 295 g/mol. The van der Waals surface area contributed by atoms with Gasteiger partial charge >= 0.3 is 0 Å². The van der Waals surface area contributed by atoms with E-state index in [0.29, 0.717) is 12.1 Å². The Bertz CT molecular complexity index is 421. The first-order chi connectivity index (χ1) is 9.51. The maximum Gasteiger partial charge on any atom is 0.0900 e. The fourth-order valence-electron chi connectivity index (χ4n) is 3.32. The monoisotopic (exact) mass is 295 g/mol. The number of hydrogen-bond acceptors (Lipinski definition) is 4.